The maximum absolute atomic E-state index is 5.65. The summed E-state index contributed by atoms with van der Waals surface area (Å²) in [5.74, 6) is 0. The van der Waals surface area contributed by atoms with Crippen LogP contribution in [0.2, 0.25) is 0 Å². The van der Waals surface area contributed by atoms with E-state index in [2.05, 4.69) is 45.3 Å². The summed E-state index contributed by atoms with van der Waals surface area (Å²) in [6.45, 7) is 10.2. The fourth-order valence-electron chi connectivity index (χ4n) is 2.01. The highest BCUT2D eigenvalue weighted by Crippen LogP contribution is 2.24. The molecular weight excluding hydrogens is 182 g/mol. The number of nitrogens with zero attached hydrogens (tertiary/aromatic N) is 1. The van der Waals surface area contributed by atoms with Gasteiger partial charge in [0.25, 0.3) is 0 Å². The largest absolute Gasteiger partial charge is 0.379 e. The Bertz CT molecular complexity index is 162. The third-order valence-corrected chi connectivity index (χ3v) is 2.48. The smallest absolute Gasteiger partial charge is 0.0620 e. The number of rotatable bonds is 0. The highest BCUT2D eigenvalue weighted by molar-refractivity contribution is 7.81. The van der Waals surface area contributed by atoms with Gasteiger partial charge in [-0.05, 0) is 14.0 Å². The van der Waals surface area contributed by atoms with E-state index in [1.165, 1.54) is 0 Å². The van der Waals surface area contributed by atoms with E-state index in [0.717, 1.165) is 26.3 Å². The van der Waals surface area contributed by atoms with Crippen molar-refractivity contribution in [2.75, 3.05) is 33.4 Å². The highest BCUT2D eigenvalue weighted by atomic mass is 32.1. The molecule has 1 heterocycles. The lowest BCUT2D eigenvalue weighted by atomic mass is 9.93. The van der Waals surface area contributed by atoms with Gasteiger partial charge in [0, 0.05) is 23.3 Å². The van der Waals surface area contributed by atoms with Crippen molar-refractivity contribution in [3.05, 3.63) is 0 Å². The third-order valence-electron chi connectivity index (χ3n) is 2.21. The van der Waals surface area contributed by atoms with Gasteiger partial charge in [0.1, 0.15) is 0 Å². The van der Waals surface area contributed by atoms with Gasteiger partial charge in [-0.2, -0.15) is 12.6 Å². The summed E-state index contributed by atoms with van der Waals surface area (Å²) in [4.78, 5) is 2.34. The predicted octanol–water partition coefficient (Wildman–Crippen LogP) is 1.66. The molecule has 1 saturated heterocycles. The molecule has 1 aliphatic heterocycles. The van der Waals surface area contributed by atoms with E-state index in [4.69, 9.17) is 4.74 Å². The molecule has 1 rings (SSSR count). The van der Waals surface area contributed by atoms with E-state index in [-0.39, 0.29) is 10.2 Å². The molecule has 0 N–H and O–H groups in total. The van der Waals surface area contributed by atoms with Crippen molar-refractivity contribution < 1.29 is 4.74 Å². The van der Waals surface area contributed by atoms with E-state index < -0.39 is 0 Å². The van der Waals surface area contributed by atoms with Gasteiger partial charge in [-0.15, -0.1) is 0 Å². The van der Waals surface area contributed by atoms with E-state index in [9.17, 15) is 0 Å². The van der Waals surface area contributed by atoms with E-state index >= 15 is 0 Å². The first-order chi connectivity index (χ1) is 5.81. The van der Waals surface area contributed by atoms with Crippen molar-refractivity contribution in [3.8, 4) is 0 Å². The Morgan fingerprint density at radius 3 is 2.38 bits per heavy atom. The van der Waals surface area contributed by atoms with Crippen molar-refractivity contribution in [1.82, 2.24) is 4.90 Å². The lowest BCUT2D eigenvalue weighted by Crippen LogP contribution is -2.46. The SMILES string of the molecule is CN1CC(C)(C)COCC(C)(S)C1. The van der Waals surface area contributed by atoms with Gasteiger partial charge in [-0.3, -0.25) is 0 Å². The van der Waals surface area contributed by atoms with Crippen LogP contribution in [0.4, 0.5) is 0 Å². The van der Waals surface area contributed by atoms with Crippen LogP contribution in [0, 0.1) is 5.41 Å². The molecule has 0 bridgehead atoms. The fourth-order valence-corrected chi connectivity index (χ4v) is 2.34. The van der Waals surface area contributed by atoms with Gasteiger partial charge in [0.05, 0.1) is 13.2 Å². The predicted molar refractivity (Wildman–Crippen MR) is 59.5 cm³/mol. The molecule has 2 nitrogen and oxygen atoms in total. The van der Waals surface area contributed by atoms with Crippen molar-refractivity contribution in [1.29, 1.82) is 0 Å². The molecule has 13 heavy (non-hydrogen) atoms. The maximum atomic E-state index is 5.65. The lowest BCUT2D eigenvalue weighted by Gasteiger charge is -2.38. The number of hydrogen-bond acceptors (Lipinski definition) is 3. The Kier molecular flexibility index (Phi) is 3.31. The Hall–Kier alpha value is 0.270. The number of thiol groups is 1. The van der Waals surface area contributed by atoms with Crippen LogP contribution in [0.3, 0.4) is 0 Å². The monoisotopic (exact) mass is 203 g/mol. The number of hydrogen-bond donors (Lipinski definition) is 1. The molecule has 1 unspecified atom stereocenters. The summed E-state index contributed by atoms with van der Waals surface area (Å²) in [6.07, 6.45) is 0. The van der Waals surface area contributed by atoms with Crippen LogP contribution < -0.4 is 0 Å². The molecule has 0 aliphatic carbocycles. The second-order valence-corrected chi connectivity index (χ2v) is 6.41. The molecule has 0 spiro atoms. The molecule has 0 radical (unpaired) electrons. The van der Waals surface area contributed by atoms with Crippen LogP contribution in [0.25, 0.3) is 0 Å². The second-order valence-electron chi connectivity index (χ2n) is 5.33. The molecule has 3 heteroatoms. The van der Waals surface area contributed by atoms with Crippen LogP contribution in [0.5, 0.6) is 0 Å². The van der Waals surface area contributed by atoms with E-state index in [1.807, 2.05) is 0 Å². The summed E-state index contributed by atoms with van der Waals surface area (Å²) in [7, 11) is 2.15. The topological polar surface area (TPSA) is 12.5 Å². The van der Waals surface area contributed by atoms with Crippen molar-refractivity contribution >= 4 is 12.6 Å². The minimum absolute atomic E-state index is 0.00868. The van der Waals surface area contributed by atoms with Gasteiger partial charge >= 0.3 is 0 Å². The maximum Gasteiger partial charge on any atom is 0.0620 e. The van der Waals surface area contributed by atoms with Crippen LogP contribution in [-0.4, -0.2) is 43.0 Å². The molecular formula is C10H21NOS. The quantitative estimate of drug-likeness (QED) is 0.601. The summed E-state index contributed by atoms with van der Waals surface area (Å²) in [5.41, 5.74) is 0.263. The third kappa shape index (κ3) is 3.88. The Morgan fingerprint density at radius 1 is 1.15 bits per heavy atom. The van der Waals surface area contributed by atoms with Gasteiger partial charge in [0.2, 0.25) is 0 Å². The van der Waals surface area contributed by atoms with Crippen molar-refractivity contribution in [3.63, 3.8) is 0 Å². The van der Waals surface area contributed by atoms with Crippen LogP contribution in [0.15, 0.2) is 0 Å². The zero-order valence-electron chi connectivity index (χ0n) is 9.13. The number of ether oxygens (including phenoxy) is 1. The average molecular weight is 203 g/mol. The molecule has 78 valence electrons. The molecule has 0 amide bonds. The van der Waals surface area contributed by atoms with Gasteiger partial charge in [0.15, 0.2) is 0 Å². The molecule has 0 aromatic carbocycles. The normalized spacial score (nSPS) is 36.7. The lowest BCUT2D eigenvalue weighted by molar-refractivity contribution is 0.00708. The molecule has 1 atom stereocenters. The van der Waals surface area contributed by atoms with Crippen LogP contribution in [-0.2, 0) is 4.74 Å². The van der Waals surface area contributed by atoms with E-state index in [0.29, 0.717) is 0 Å². The van der Waals surface area contributed by atoms with Crippen LogP contribution in [0.1, 0.15) is 20.8 Å². The first kappa shape index (κ1) is 11.3. The van der Waals surface area contributed by atoms with Crippen LogP contribution >= 0.6 is 12.6 Å². The molecule has 0 aromatic heterocycles. The summed E-state index contributed by atoms with van der Waals surface area (Å²) < 4.78 is 5.64. The average Bonchev–Trinajstić information content (AvgIpc) is 1.79. The first-order valence-electron chi connectivity index (χ1n) is 4.79. The zero-order valence-corrected chi connectivity index (χ0v) is 10.0. The molecule has 1 fully saturated rings. The Balaban J connectivity index is 2.59. The van der Waals surface area contributed by atoms with E-state index in [1.54, 1.807) is 0 Å². The Morgan fingerprint density at radius 2 is 1.77 bits per heavy atom. The van der Waals surface area contributed by atoms with Gasteiger partial charge in [-0.1, -0.05) is 13.8 Å². The van der Waals surface area contributed by atoms with Gasteiger partial charge < -0.3 is 9.64 Å². The fraction of sp³-hybridized carbons (Fsp3) is 1.00. The summed E-state index contributed by atoms with van der Waals surface area (Å²) in [5, 5.41) is 0. The summed E-state index contributed by atoms with van der Waals surface area (Å²) in [6, 6.07) is 0. The zero-order chi connectivity index (χ0) is 10.1. The minimum atomic E-state index is -0.00868. The standard InChI is InChI=1S/C10H21NOS/c1-9(2)5-11(4)6-10(3,13)8-12-7-9/h13H,5-8H2,1-4H3. The molecule has 1 aliphatic rings. The first-order valence-corrected chi connectivity index (χ1v) is 5.24. The van der Waals surface area contributed by atoms with Crippen molar-refractivity contribution in [2.24, 2.45) is 5.41 Å². The minimum Gasteiger partial charge on any atom is -0.379 e. The molecule has 0 aromatic rings. The Labute approximate surface area is 87.0 Å². The van der Waals surface area contributed by atoms with Gasteiger partial charge in [-0.25, -0.2) is 0 Å². The van der Waals surface area contributed by atoms with Crippen molar-refractivity contribution in [2.45, 2.75) is 25.5 Å². The summed E-state index contributed by atoms with van der Waals surface area (Å²) >= 11 is 4.58. The molecule has 0 saturated carbocycles. The highest BCUT2D eigenvalue weighted by Gasteiger charge is 2.29. The second kappa shape index (κ2) is 3.79.